The highest BCUT2D eigenvalue weighted by Crippen LogP contribution is 2.31. The molecule has 3 heteroatoms. The lowest BCUT2D eigenvalue weighted by atomic mass is 9.91. The molecule has 0 radical (unpaired) electrons. The third-order valence-electron chi connectivity index (χ3n) is 3.58. The molecular weight excluding hydrogens is 214 g/mol. The van der Waals surface area contributed by atoms with Crippen LogP contribution >= 0.6 is 0 Å². The topological polar surface area (TPSA) is 29.5 Å². The Balaban J connectivity index is 1.73. The van der Waals surface area contributed by atoms with E-state index in [1.165, 1.54) is 5.56 Å². The molecule has 0 unspecified atom stereocenters. The second kappa shape index (κ2) is 4.49. The quantitative estimate of drug-likeness (QED) is 0.727. The molecule has 1 aromatic rings. The third-order valence-corrected chi connectivity index (χ3v) is 3.58. The highest BCUT2D eigenvalue weighted by molar-refractivity contribution is 5.74. The first-order chi connectivity index (χ1) is 8.68. The van der Waals surface area contributed by atoms with E-state index in [0.717, 1.165) is 19.5 Å². The van der Waals surface area contributed by atoms with E-state index in [1.54, 1.807) is 0 Å². The van der Waals surface area contributed by atoms with Gasteiger partial charge in [0.2, 0.25) is 0 Å². The summed E-state index contributed by atoms with van der Waals surface area (Å²) in [7, 11) is 0. The van der Waals surface area contributed by atoms with E-state index in [1.807, 2.05) is 18.2 Å². The molecule has 2 atom stereocenters. The van der Waals surface area contributed by atoms with Crippen LogP contribution in [-0.4, -0.2) is 30.6 Å². The zero-order chi connectivity index (χ0) is 12.6. The Bertz CT molecular complexity index is 450. The van der Waals surface area contributed by atoms with Crippen molar-refractivity contribution in [2.24, 2.45) is 11.8 Å². The number of cyclic esters (lactones) is 1. The maximum atomic E-state index is 11.8. The largest absolute Gasteiger partial charge is 0.465 e. The van der Waals surface area contributed by atoms with Crippen molar-refractivity contribution in [3.05, 3.63) is 35.9 Å². The summed E-state index contributed by atoms with van der Waals surface area (Å²) in [6, 6.07) is 10.2. The number of nitrogens with zero attached hydrogens (tertiary/aromatic N) is 1. The number of hydrogen-bond donors (Lipinski definition) is 0. The zero-order valence-electron chi connectivity index (χ0n) is 10.8. The number of hydrogen-bond acceptors (Lipinski definition) is 3. The van der Waals surface area contributed by atoms with Crippen LogP contribution < -0.4 is 0 Å². The molecule has 17 heavy (non-hydrogen) atoms. The van der Waals surface area contributed by atoms with Crippen molar-refractivity contribution in [1.29, 1.82) is 0 Å². The van der Waals surface area contributed by atoms with E-state index >= 15 is 0 Å². The van der Waals surface area contributed by atoms with Crippen molar-refractivity contribution in [1.82, 2.24) is 4.90 Å². The molecule has 0 saturated carbocycles. The van der Waals surface area contributed by atoms with Crippen LogP contribution in [0.2, 0.25) is 0 Å². The van der Waals surface area contributed by atoms with E-state index in [2.05, 4.69) is 17.0 Å². The number of benzene rings is 1. The van der Waals surface area contributed by atoms with Gasteiger partial charge in [-0.1, -0.05) is 30.3 Å². The van der Waals surface area contributed by atoms with Gasteiger partial charge in [-0.25, -0.2) is 0 Å². The molecule has 90 valence electrons. The normalized spacial score (nSPS) is 34.0. The van der Waals surface area contributed by atoms with Crippen LogP contribution in [-0.2, 0) is 16.1 Å². The first-order valence-electron chi connectivity index (χ1n) is 6.62. The van der Waals surface area contributed by atoms with Crippen LogP contribution in [0.4, 0.5) is 0 Å². The molecule has 2 aliphatic heterocycles. The summed E-state index contributed by atoms with van der Waals surface area (Å²) in [6.45, 7) is 2.60. The van der Waals surface area contributed by atoms with Gasteiger partial charge >= 0.3 is 5.97 Å². The Kier molecular flexibility index (Phi) is 2.55. The second-order valence-electron chi connectivity index (χ2n) is 4.80. The molecule has 0 aromatic heterocycles. The van der Waals surface area contributed by atoms with Gasteiger partial charge in [-0.2, -0.15) is 0 Å². The SMILES string of the molecule is [2H][C@]12CN(Cc3ccccc3)C[C@H]1CCOC2=O. The van der Waals surface area contributed by atoms with Crippen LogP contribution in [0, 0.1) is 11.8 Å². The van der Waals surface area contributed by atoms with Crippen molar-refractivity contribution in [3.8, 4) is 0 Å². The number of likely N-dealkylation sites (tertiary alicyclic amines) is 1. The van der Waals surface area contributed by atoms with E-state index in [9.17, 15) is 4.79 Å². The Morgan fingerprint density at radius 2 is 2.18 bits per heavy atom. The van der Waals surface area contributed by atoms with Crippen LogP contribution in [0.15, 0.2) is 30.3 Å². The van der Waals surface area contributed by atoms with Crippen LogP contribution in [0.3, 0.4) is 0 Å². The van der Waals surface area contributed by atoms with Gasteiger partial charge in [0, 0.05) is 21.0 Å². The standard InChI is InChI=1S/C14H17NO2/c16-14-13-10-15(9-12(13)6-7-17-14)8-11-4-2-1-3-5-11/h1-5,12-13H,6-10H2/t12-,13+/m1/s1/i13D. The molecule has 0 bridgehead atoms. The summed E-state index contributed by atoms with van der Waals surface area (Å²) in [5.74, 6) is -1.25. The number of rotatable bonds is 2. The maximum absolute atomic E-state index is 11.8. The average Bonchev–Trinajstić information content (AvgIpc) is 2.69. The fraction of sp³-hybridized carbons (Fsp3) is 0.500. The van der Waals surface area contributed by atoms with E-state index in [4.69, 9.17) is 6.11 Å². The van der Waals surface area contributed by atoms with Gasteiger partial charge < -0.3 is 4.74 Å². The first kappa shape index (κ1) is 9.66. The van der Waals surface area contributed by atoms with Gasteiger partial charge in [0.15, 0.2) is 0 Å². The lowest BCUT2D eigenvalue weighted by Gasteiger charge is -2.22. The molecule has 2 fully saturated rings. The van der Waals surface area contributed by atoms with E-state index < -0.39 is 5.89 Å². The monoisotopic (exact) mass is 232 g/mol. The van der Waals surface area contributed by atoms with Crippen molar-refractivity contribution >= 4 is 5.97 Å². The van der Waals surface area contributed by atoms with Crippen molar-refractivity contribution < 1.29 is 10.9 Å². The lowest BCUT2D eigenvalue weighted by Crippen LogP contribution is -2.31. The van der Waals surface area contributed by atoms with Crippen LogP contribution in [0.5, 0.6) is 0 Å². The highest BCUT2D eigenvalue weighted by Gasteiger charge is 2.40. The summed E-state index contributed by atoms with van der Waals surface area (Å²) in [5.41, 5.74) is 1.23. The number of esters is 1. The second-order valence-corrected chi connectivity index (χ2v) is 4.80. The highest BCUT2D eigenvalue weighted by atomic mass is 16.5. The summed E-state index contributed by atoms with van der Waals surface area (Å²) in [5, 5.41) is 0. The van der Waals surface area contributed by atoms with Gasteiger partial charge in [0.1, 0.15) is 0 Å². The van der Waals surface area contributed by atoms with Crippen molar-refractivity contribution in [2.45, 2.75) is 13.0 Å². The molecule has 2 heterocycles. The van der Waals surface area contributed by atoms with E-state index in [0.29, 0.717) is 13.2 Å². The number of carbonyl (C=O) groups excluding carboxylic acids is 1. The minimum Gasteiger partial charge on any atom is -0.465 e. The number of fused-ring (bicyclic) bond motifs is 1. The summed E-state index contributed by atoms with van der Waals surface area (Å²) in [6.07, 6.45) is 0.820. The molecule has 3 nitrogen and oxygen atoms in total. The molecule has 3 rings (SSSR count). The molecule has 0 spiro atoms. The molecular formula is C14H17NO2. The Labute approximate surface area is 103 Å². The number of carbonyl (C=O) groups is 1. The summed E-state index contributed by atoms with van der Waals surface area (Å²) < 4.78 is 13.4. The first-order valence-corrected chi connectivity index (χ1v) is 6.12. The van der Waals surface area contributed by atoms with Crippen LogP contribution in [0.25, 0.3) is 0 Å². The molecule has 2 saturated heterocycles. The molecule has 1 aromatic carbocycles. The molecule has 0 amide bonds. The van der Waals surface area contributed by atoms with Gasteiger partial charge in [-0.15, -0.1) is 0 Å². The zero-order valence-corrected chi connectivity index (χ0v) is 9.76. The summed E-state index contributed by atoms with van der Waals surface area (Å²) in [4.78, 5) is 14.0. The Morgan fingerprint density at radius 3 is 2.94 bits per heavy atom. The third kappa shape index (κ3) is 2.20. The average molecular weight is 232 g/mol. The van der Waals surface area contributed by atoms with Gasteiger partial charge in [-0.05, 0) is 17.9 Å². The van der Waals surface area contributed by atoms with Gasteiger partial charge in [0.25, 0.3) is 0 Å². The molecule has 0 aliphatic carbocycles. The predicted molar refractivity (Wildman–Crippen MR) is 64.3 cm³/mol. The number of ether oxygens (including phenoxy) is 1. The van der Waals surface area contributed by atoms with Gasteiger partial charge in [0.05, 0.1) is 12.5 Å². The lowest BCUT2D eigenvalue weighted by molar-refractivity contribution is -0.154. The molecule has 0 N–H and O–H groups in total. The Hall–Kier alpha value is -1.35. The van der Waals surface area contributed by atoms with Crippen LogP contribution in [0.1, 0.15) is 13.4 Å². The predicted octanol–water partition coefficient (Wildman–Crippen LogP) is 1.68. The molecule has 2 aliphatic rings. The maximum Gasteiger partial charge on any atom is 0.310 e. The summed E-state index contributed by atoms with van der Waals surface area (Å²) >= 11 is 0. The fourth-order valence-corrected chi connectivity index (χ4v) is 2.70. The minimum absolute atomic E-state index is 0.127. The smallest absolute Gasteiger partial charge is 0.310 e. The fourth-order valence-electron chi connectivity index (χ4n) is 2.70. The van der Waals surface area contributed by atoms with E-state index in [-0.39, 0.29) is 11.9 Å². The van der Waals surface area contributed by atoms with Gasteiger partial charge in [-0.3, -0.25) is 9.69 Å². The van der Waals surface area contributed by atoms with Crippen molar-refractivity contribution in [3.63, 3.8) is 0 Å². The Morgan fingerprint density at radius 1 is 1.35 bits per heavy atom. The van der Waals surface area contributed by atoms with Crippen molar-refractivity contribution in [2.75, 3.05) is 19.7 Å². The minimum atomic E-state index is -1.03.